The zero-order chi connectivity index (χ0) is 15.4. The number of amidine groups is 1. The number of nitrogens with two attached hydrogens (primary N) is 1. The van der Waals surface area contributed by atoms with Crippen LogP contribution in [0.25, 0.3) is 0 Å². The van der Waals surface area contributed by atoms with Crippen LogP contribution in [0.3, 0.4) is 0 Å². The van der Waals surface area contributed by atoms with Crippen molar-refractivity contribution >= 4 is 27.5 Å². The average molecular weight is 356 g/mol. The third-order valence-corrected chi connectivity index (χ3v) is 3.50. The summed E-state index contributed by atoms with van der Waals surface area (Å²) in [4.78, 5) is 0. The van der Waals surface area contributed by atoms with E-state index in [2.05, 4.69) is 26.4 Å². The molecule has 0 radical (unpaired) electrons. The SMILES string of the molecule is NC(=NO)c1ccc(CNc2ccc(Br)c(F)c2)c(F)c1. The summed E-state index contributed by atoms with van der Waals surface area (Å²) in [6, 6.07) is 8.79. The number of benzene rings is 2. The minimum Gasteiger partial charge on any atom is -0.409 e. The molecule has 4 N–H and O–H groups in total. The molecule has 0 aliphatic heterocycles. The van der Waals surface area contributed by atoms with Gasteiger partial charge in [0, 0.05) is 23.4 Å². The van der Waals surface area contributed by atoms with Crippen LogP contribution in [0.15, 0.2) is 46.0 Å². The number of nitrogens with one attached hydrogen (secondary N) is 1. The van der Waals surface area contributed by atoms with Crippen molar-refractivity contribution < 1.29 is 14.0 Å². The number of anilines is 1. The van der Waals surface area contributed by atoms with Crippen LogP contribution >= 0.6 is 15.9 Å². The summed E-state index contributed by atoms with van der Waals surface area (Å²) in [7, 11) is 0. The maximum atomic E-state index is 13.9. The molecule has 0 heterocycles. The van der Waals surface area contributed by atoms with Gasteiger partial charge < -0.3 is 16.3 Å². The van der Waals surface area contributed by atoms with E-state index in [4.69, 9.17) is 10.9 Å². The van der Waals surface area contributed by atoms with E-state index < -0.39 is 11.6 Å². The van der Waals surface area contributed by atoms with Crippen molar-refractivity contribution in [2.75, 3.05) is 5.32 Å². The Kier molecular flexibility index (Phi) is 4.74. The molecular weight excluding hydrogens is 344 g/mol. The Morgan fingerprint density at radius 1 is 1.19 bits per heavy atom. The van der Waals surface area contributed by atoms with Gasteiger partial charge in [0.15, 0.2) is 5.84 Å². The van der Waals surface area contributed by atoms with Crippen LogP contribution < -0.4 is 11.1 Å². The molecule has 2 aromatic rings. The zero-order valence-corrected chi connectivity index (χ0v) is 12.4. The molecule has 0 bridgehead atoms. The minimum atomic E-state index is -0.496. The molecule has 0 spiro atoms. The third-order valence-electron chi connectivity index (χ3n) is 2.86. The van der Waals surface area contributed by atoms with E-state index in [1.165, 1.54) is 24.3 Å². The van der Waals surface area contributed by atoms with E-state index in [0.717, 1.165) is 0 Å². The van der Waals surface area contributed by atoms with E-state index in [9.17, 15) is 8.78 Å². The van der Waals surface area contributed by atoms with Crippen LogP contribution in [0, 0.1) is 11.6 Å². The zero-order valence-electron chi connectivity index (χ0n) is 10.8. The van der Waals surface area contributed by atoms with E-state index >= 15 is 0 Å². The van der Waals surface area contributed by atoms with Gasteiger partial charge in [-0.1, -0.05) is 17.3 Å². The molecule has 0 aromatic heterocycles. The topological polar surface area (TPSA) is 70.6 Å². The van der Waals surface area contributed by atoms with Crippen LogP contribution in [-0.2, 0) is 6.54 Å². The van der Waals surface area contributed by atoms with Crippen LogP contribution in [0.2, 0.25) is 0 Å². The Balaban J connectivity index is 2.11. The van der Waals surface area contributed by atoms with Crippen LogP contribution in [0.5, 0.6) is 0 Å². The Bertz CT molecular complexity index is 692. The first-order valence-electron chi connectivity index (χ1n) is 5.96. The second kappa shape index (κ2) is 6.53. The molecule has 2 rings (SSSR count). The monoisotopic (exact) mass is 355 g/mol. The maximum Gasteiger partial charge on any atom is 0.170 e. The molecule has 2 aromatic carbocycles. The normalized spacial score (nSPS) is 11.5. The van der Waals surface area contributed by atoms with E-state index in [1.54, 1.807) is 12.1 Å². The standard InChI is InChI=1S/C14H12BrF2N3O/c15-11-4-3-10(6-13(11)17)19-7-9-2-1-8(5-12(9)16)14(18)20-21/h1-6,19,21H,7H2,(H2,18,20). The van der Waals surface area contributed by atoms with Gasteiger partial charge in [-0.15, -0.1) is 0 Å². The first kappa shape index (κ1) is 15.2. The van der Waals surface area contributed by atoms with Crippen molar-refractivity contribution in [3.63, 3.8) is 0 Å². The first-order chi connectivity index (χ1) is 10.0. The van der Waals surface area contributed by atoms with E-state index in [-0.39, 0.29) is 17.9 Å². The quantitative estimate of drug-likeness (QED) is 0.340. The van der Waals surface area contributed by atoms with E-state index in [1.807, 2.05) is 0 Å². The van der Waals surface area contributed by atoms with Crippen molar-refractivity contribution in [1.82, 2.24) is 0 Å². The molecule has 0 unspecified atom stereocenters. The molecular formula is C14H12BrF2N3O. The van der Waals surface area contributed by atoms with Crippen LogP contribution in [0.1, 0.15) is 11.1 Å². The highest BCUT2D eigenvalue weighted by Gasteiger charge is 2.07. The molecule has 0 aliphatic carbocycles. The summed E-state index contributed by atoms with van der Waals surface area (Å²) in [5.74, 6) is -1.06. The lowest BCUT2D eigenvalue weighted by Crippen LogP contribution is -2.14. The van der Waals surface area contributed by atoms with Crippen LogP contribution in [0.4, 0.5) is 14.5 Å². The second-order valence-corrected chi connectivity index (χ2v) is 5.13. The Morgan fingerprint density at radius 3 is 2.57 bits per heavy atom. The molecule has 21 heavy (non-hydrogen) atoms. The lowest BCUT2D eigenvalue weighted by Gasteiger charge is -2.09. The molecule has 0 atom stereocenters. The Morgan fingerprint density at radius 2 is 1.95 bits per heavy atom. The molecule has 0 fully saturated rings. The summed E-state index contributed by atoms with van der Waals surface area (Å²) in [6.45, 7) is 0.184. The molecule has 4 nitrogen and oxygen atoms in total. The van der Waals surface area contributed by atoms with Gasteiger partial charge in [0.1, 0.15) is 11.6 Å². The van der Waals surface area contributed by atoms with Gasteiger partial charge in [-0.2, -0.15) is 0 Å². The smallest absolute Gasteiger partial charge is 0.170 e. The van der Waals surface area contributed by atoms with Crippen molar-refractivity contribution in [1.29, 1.82) is 0 Å². The van der Waals surface area contributed by atoms with Crippen molar-refractivity contribution in [2.45, 2.75) is 6.54 Å². The number of nitrogens with zero attached hydrogens (tertiary/aromatic N) is 1. The molecule has 0 aliphatic rings. The highest BCUT2D eigenvalue weighted by molar-refractivity contribution is 9.10. The molecule has 0 saturated heterocycles. The number of oxime groups is 1. The molecule has 0 amide bonds. The lowest BCUT2D eigenvalue weighted by atomic mass is 10.1. The molecule has 0 saturated carbocycles. The van der Waals surface area contributed by atoms with Gasteiger partial charge in [0.2, 0.25) is 0 Å². The van der Waals surface area contributed by atoms with Gasteiger partial charge in [0.25, 0.3) is 0 Å². The van der Waals surface area contributed by atoms with Gasteiger partial charge in [0.05, 0.1) is 4.47 Å². The fourth-order valence-electron chi connectivity index (χ4n) is 1.71. The van der Waals surface area contributed by atoms with Crippen molar-refractivity contribution in [3.8, 4) is 0 Å². The van der Waals surface area contributed by atoms with Crippen LogP contribution in [-0.4, -0.2) is 11.0 Å². The summed E-state index contributed by atoms with van der Waals surface area (Å²) >= 11 is 3.06. The summed E-state index contributed by atoms with van der Waals surface area (Å²) in [6.07, 6.45) is 0. The predicted molar refractivity (Wildman–Crippen MR) is 80.3 cm³/mol. The minimum absolute atomic E-state index is 0.164. The van der Waals surface area contributed by atoms with Gasteiger partial charge in [-0.25, -0.2) is 8.78 Å². The number of rotatable bonds is 4. The molecule has 7 heteroatoms. The summed E-state index contributed by atoms with van der Waals surface area (Å²) in [5, 5.41) is 14.3. The van der Waals surface area contributed by atoms with Gasteiger partial charge in [-0.3, -0.25) is 0 Å². The lowest BCUT2D eigenvalue weighted by molar-refractivity contribution is 0.318. The largest absolute Gasteiger partial charge is 0.409 e. The molecule has 110 valence electrons. The number of halogens is 3. The number of hydrogen-bond donors (Lipinski definition) is 3. The third kappa shape index (κ3) is 3.69. The Labute approximate surface area is 128 Å². The first-order valence-corrected chi connectivity index (χ1v) is 6.76. The number of hydrogen-bond acceptors (Lipinski definition) is 3. The van der Waals surface area contributed by atoms with Gasteiger partial charge in [-0.05, 0) is 40.2 Å². The highest BCUT2D eigenvalue weighted by Crippen LogP contribution is 2.20. The Hall–Kier alpha value is -2.15. The second-order valence-electron chi connectivity index (χ2n) is 4.27. The predicted octanol–water partition coefficient (Wildman–Crippen LogP) is 3.43. The van der Waals surface area contributed by atoms with Gasteiger partial charge >= 0.3 is 0 Å². The fraction of sp³-hybridized carbons (Fsp3) is 0.0714. The summed E-state index contributed by atoms with van der Waals surface area (Å²) < 4.78 is 27.6. The average Bonchev–Trinajstić information content (AvgIpc) is 2.48. The fourth-order valence-corrected chi connectivity index (χ4v) is 1.96. The van der Waals surface area contributed by atoms with Crippen molar-refractivity contribution in [3.05, 3.63) is 63.6 Å². The summed E-state index contributed by atoms with van der Waals surface area (Å²) in [5.41, 5.74) is 6.59. The van der Waals surface area contributed by atoms with E-state index in [0.29, 0.717) is 15.7 Å². The maximum absolute atomic E-state index is 13.9. The highest BCUT2D eigenvalue weighted by atomic mass is 79.9. The van der Waals surface area contributed by atoms with Crippen molar-refractivity contribution in [2.24, 2.45) is 10.9 Å².